The molecule has 36 heavy (non-hydrogen) atoms. The van der Waals surface area contributed by atoms with Crippen LogP contribution in [0, 0.1) is 0 Å². The Labute approximate surface area is 221 Å². The Morgan fingerprint density at radius 2 is 0.861 bits per heavy atom. The third kappa shape index (κ3) is 11.0. The van der Waals surface area contributed by atoms with E-state index in [2.05, 4.69) is 110 Å². The predicted molar refractivity (Wildman–Crippen MR) is 157 cm³/mol. The summed E-state index contributed by atoms with van der Waals surface area (Å²) in [7, 11) is 0. The number of quaternary nitrogens is 1. The summed E-state index contributed by atoms with van der Waals surface area (Å²) >= 11 is 0. The first-order valence-corrected chi connectivity index (χ1v) is 14.4. The van der Waals surface area contributed by atoms with Crippen molar-refractivity contribution in [1.29, 1.82) is 0 Å². The van der Waals surface area contributed by atoms with E-state index < -0.39 is 0 Å². The summed E-state index contributed by atoms with van der Waals surface area (Å²) in [6.07, 6.45) is 18.4. The molecule has 0 saturated carbocycles. The molecule has 0 aliphatic heterocycles. The van der Waals surface area contributed by atoms with E-state index in [1.807, 2.05) is 0 Å². The zero-order valence-corrected chi connectivity index (χ0v) is 22.7. The van der Waals surface area contributed by atoms with Gasteiger partial charge in [-0.3, -0.25) is 0 Å². The van der Waals surface area contributed by atoms with E-state index in [0.717, 1.165) is 37.1 Å². The molecule has 0 bridgehead atoms. The summed E-state index contributed by atoms with van der Waals surface area (Å²) < 4.78 is 1.04. The molecule has 0 fully saturated rings. The van der Waals surface area contributed by atoms with Gasteiger partial charge in [0, 0.05) is 23.1 Å². The number of hydrogen-bond donors (Lipinski definition) is 0. The van der Waals surface area contributed by atoms with E-state index in [9.17, 15) is 0 Å². The fourth-order valence-corrected chi connectivity index (χ4v) is 5.30. The molecule has 1 nitrogen and oxygen atoms in total. The Balaban J connectivity index is 1.61. The second-order valence-corrected chi connectivity index (χ2v) is 10.5. The standard InChI is InChI=1S/C35H48N/c1-2-3-4-5-6-7-8-9-10-11-12-22-29-36(30-33-23-16-13-17-24-33,31-34-25-18-14-19-26-34)32-35-27-20-15-21-28-35/h11-21,23-28H,2-10,22,29-32H2,1H3/q+1/b12-11+. The Kier molecular flexibility index (Phi) is 13.1. The fraction of sp³-hybridized carbons (Fsp3) is 0.429. The summed E-state index contributed by atoms with van der Waals surface area (Å²) in [4.78, 5) is 0. The molecule has 3 aromatic rings. The van der Waals surface area contributed by atoms with Crippen LogP contribution in [0.4, 0.5) is 0 Å². The van der Waals surface area contributed by atoms with Crippen LogP contribution < -0.4 is 0 Å². The van der Waals surface area contributed by atoms with Gasteiger partial charge in [-0.1, -0.05) is 155 Å². The monoisotopic (exact) mass is 482 g/mol. The highest BCUT2D eigenvalue weighted by atomic mass is 15.3. The fourth-order valence-electron chi connectivity index (χ4n) is 5.30. The van der Waals surface area contributed by atoms with Gasteiger partial charge in [0.25, 0.3) is 0 Å². The van der Waals surface area contributed by atoms with Crippen molar-refractivity contribution < 1.29 is 4.48 Å². The van der Waals surface area contributed by atoms with Crippen molar-refractivity contribution in [3.05, 3.63) is 120 Å². The maximum absolute atomic E-state index is 2.45. The first-order chi connectivity index (χ1) is 17.8. The van der Waals surface area contributed by atoms with Gasteiger partial charge in [0.05, 0.1) is 6.54 Å². The van der Waals surface area contributed by atoms with E-state index in [0.29, 0.717) is 0 Å². The molecule has 0 spiro atoms. The highest BCUT2D eigenvalue weighted by Crippen LogP contribution is 2.25. The second-order valence-electron chi connectivity index (χ2n) is 10.5. The smallest absolute Gasteiger partial charge is 0.105 e. The molecule has 0 aromatic heterocycles. The van der Waals surface area contributed by atoms with Gasteiger partial charge >= 0.3 is 0 Å². The van der Waals surface area contributed by atoms with Crippen LogP contribution >= 0.6 is 0 Å². The highest BCUT2D eigenvalue weighted by Gasteiger charge is 2.28. The van der Waals surface area contributed by atoms with Gasteiger partial charge in [-0.2, -0.15) is 0 Å². The number of rotatable bonds is 18. The van der Waals surface area contributed by atoms with Gasteiger partial charge in [-0.25, -0.2) is 0 Å². The zero-order chi connectivity index (χ0) is 25.2. The predicted octanol–water partition coefficient (Wildman–Crippen LogP) is 9.88. The minimum Gasteiger partial charge on any atom is -0.312 e. The van der Waals surface area contributed by atoms with Gasteiger partial charge in [-0.05, 0) is 12.8 Å². The first kappa shape index (κ1) is 27.9. The van der Waals surface area contributed by atoms with E-state index >= 15 is 0 Å². The number of hydrogen-bond acceptors (Lipinski definition) is 0. The molecule has 0 aliphatic carbocycles. The largest absolute Gasteiger partial charge is 0.312 e. The molecule has 3 aromatic carbocycles. The summed E-state index contributed by atoms with van der Waals surface area (Å²) in [6.45, 7) is 6.59. The molecule has 0 amide bonds. The maximum atomic E-state index is 2.45. The molecule has 3 rings (SSSR count). The maximum Gasteiger partial charge on any atom is 0.105 e. The van der Waals surface area contributed by atoms with Crippen LogP contribution in [-0.2, 0) is 19.6 Å². The van der Waals surface area contributed by atoms with Crippen LogP contribution in [0.3, 0.4) is 0 Å². The quantitative estimate of drug-likeness (QED) is 0.0961. The second kappa shape index (κ2) is 16.9. The van der Waals surface area contributed by atoms with Crippen LogP contribution in [0.25, 0.3) is 0 Å². The lowest BCUT2D eigenvalue weighted by molar-refractivity contribution is -0.965. The van der Waals surface area contributed by atoms with Crippen LogP contribution in [0.1, 0.15) is 87.8 Å². The van der Waals surface area contributed by atoms with Crippen molar-refractivity contribution in [3.63, 3.8) is 0 Å². The molecular formula is C35H48N+. The normalized spacial score (nSPS) is 11.8. The molecule has 0 aliphatic rings. The van der Waals surface area contributed by atoms with Crippen molar-refractivity contribution in [2.75, 3.05) is 6.54 Å². The number of nitrogens with zero attached hydrogens (tertiary/aromatic N) is 1. The topological polar surface area (TPSA) is 0 Å². The van der Waals surface area contributed by atoms with E-state index in [1.54, 1.807) is 0 Å². The SMILES string of the molecule is CCCCCCCCCC/C=C/CC[N+](Cc1ccccc1)(Cc1ccccc1)Cc1ccccc1. The molecule has 0 N–H and O–H groups in total. The minimum absolute atomic E-state index is 1.04. The molecule has 0 atom stereocenters. The number of allylic oxidation sites excluding steroid dienone is 1. The Hall–Kier alpha value is -2.64. The Bertz CT molecular complexity index is 844. The first-order valence-electron chi connectivity index (χ1n) is 14.4. The summed E-state index contributed by atoms with van der Waals surface area (Å²) in [6, 6.07) is 33.2. The van der Waals surface area contributed by atoms with Crippen LogP contribution in [0.5, 0.6) is 0 Å². The average Bonchev–Trinajstić information content (AvgIpc) is 2.91. The molecule has 1 heteroatoms. The van der Waals surface area contributed by atoms with E-state index in [-0.39, 0.29) is 0 Å². The molecule has 0 saturated heterocycles. The molecule has 192 valence electrons. The lowest BCUT2D eigenvalue weighted by Gasteiger charge is -2.39. The summed E-state index contributed by atoms with van der Waals surface area (Å²) in [5.74, 6) is 0. The average molecular weight is 483 g/mol. The third-order valence-corrected chi connectivity index (χ3v) is 7.24. The summed E-state index contributed by atoms with van der Waals surface area (Å²) in [5, 5.41) is 0. The number of benzene rings is 3. The van der Waals surface area contributed by atoms with E-state index in [1.165, 1.54) is 74.5 Å². The molecule has 0 radical (unpaired) electrons. The van der Waals surface area contributed by atoms with Crippen LogP contribution in [0.2, 0.25) is 0 Å². The van der Waals surface area contributed by atoms with Crippen molar-refractivity contribution >= 4 is 0 Å². The van der Waals surface area contributed by atoms with Gasteiger partial charge in [0.1, 0.15) is 19.6 Å². The van der Waals surface area contributed by atoms with Gasteiger partial charge in [0.2, 0.25) is 0 Å². The lowest BCUT2D eigenvalue weighted by atomic mass is 10.1. The van der Waals surface area contributed by atoms with Gasteiger partial charge < -0.3 is 4.48 Å². The highest BCUT2D eigenvalue weighted by molar-refractivity contribution is 5.17. The Morgan fingerprint density at radius 1 is 0.472 bits per heavy atom. The van der Waals surface area contributed by atoms with Crippen molar-refractivity contribution in [2.24, 2.45) is 0 Å². The molecule has 0 unspecified atom stereocenters. The van der Waals surface area contributed by atoms with Crippen molar-refractivity contribution in [1.82, 2.24) is 0 Å². The van der Waals surface area contributed by atoms with E-state index in [4.69, 9.17) is 0 Å². The zero-order valence-electron chi connectivity index (χ0n) is 22.7. The number of unbranched alkanes of at least 4 members (excludes halogenated alkanes) is 8. The molecule has 0 heterocycles. The molecular weight excluding hydrogens is 434 g/mol. The van der Waals surface area contributed by atoms with Gasteiger partial charge in [0.15, 0.2) is 0 Å². The van der Waals surface area contributed by atoms with Gasteiger partial charge in [-0.15, -0.1) is 0 Å². The van der Waals surface area contributed by atoms with Crippen LogP contribution in [-0.4, -0.2) is 11.0 Å². The van der Waals surface area contributed by atoms with Crippen molar-refractivity contribution in [2.45, 2.75) is 90.8 Å². The van der Waals surface area contributed by atoms with Crippen molar-refractivity contribution in [3.8, 4) is 0 Å². The minimum atomic E-state index is 1.04. The Morgan fingerprint density at radius 3 is 1.31 bits per heavy atom. The third-order valence-electron chi connectivity index (χ3n) is 7.24. The lowest BCUT2D eigenvalue weighted by Crippen LogP contribution is -2.46. The van der Waals surface area contributed by atoms with Crippen LogP contribution in [0.15, 0.2) is 103 Å². The summed E-state index contributed by atoms with van der Waals surface area (Å²) in [5.41, 5.74) is 4.27.